The van der Waals surface area contributed by atoms with Crippen LogP contribution in [0.1, 0.15) is 66.6 Å². The first kappa shape index (κ1) is 23.6. The smallest absolute Gasteiger partial charge is 0.260 e. The number of aryl methyl sites for hydroxylation is 1. The molecular weight excluding hydrogens is 447 g/mol. The van der Waals surface area contributed by atoms with Crippen LogP contribution in [0.4, 0.5) is 4.39 Å². The summed E-state index contributed by atoms with van der Waals surface area (Å²) in [4.78, 5) is 31.0. The number of pyridine rings is 1. The van der Waals surface area contributed by atoms with Crippen LogP contribution >= 0.6 is 0 Å². The number of carbonyl (C=O) groups is 1. The molecule has 0 unspecified atom stereocenters. The second-order valence-electron chi connectivity index (χ2n) is 9.96. The van der Waals surface area contributed by atoms with Crippen molar-refractivity contribution in [3.8, 4) is 11.6 Å². The Hall–Kier alpha value is -3.13. The van der Waals surface area contributed by atoms with E-state index in [2.05, 4.69) is 17.2 Å². The zero-order valence-corrected chi connectivity index (χ0v) is 20.6. The first-order valence-electron chi connectivity index (χ1n) is 12.6. The number of nitrogens with zero attached hydrogens (tertiary/aromatic N) is 2. The minimum absolute atomic E-state index is 0.0979. The number of carbonyl (C=O) groups excluding carboxylic acids is 1. The molecular formula is C27H33FN4O3. The lowest BCUT2D eigenvalue weighted by Crippen LogP contribution is -2.51. The molecule has 1 saturated carbocycles. The van der Waals surface area contributed by atoms with E-state index in [0.717, 1.165) is 31.2 Å². The molecule has 3 heterocycles. The van der Waals surface area contributed by atoms with Crippen molar-refractivity contribution >= 4 is 16.8 Å². The predicted octanol–water partition coefficient (Wildman–Crippen LogP) is 4.82. The molecule has 1 aliphatic carbocycles. The molecule has 7 nitrogen and oxygen atoms in total. The topological polar surface area (TPSA) is 79.4 Å². The van der Waals surface area contributed by atoms with Gasteiger partial charge in [0.05, 0.1) is 5.52 Å². The largest absolute Gasteiger partial charge is 0.439 e. The third-order valence-corrected chi connectivity index (χ3v) is 7.41. The molecule has 8 heteroatoms. The van der Waals surface area contributed by atoms with Crippen LogP contribution in [0.25, 0.3) is 10.9 Å². The van der Waals surface area contributed by atoms with E-state index in [0.29, 0.717) is 53.3 Å². The van der Waals surface area contributed by atoms with E-state index in [1.165, 1.54) is 12.5 Å². The maximum atomic E-state index is 14.6. The molecule has 2 N–H and O–H groups in total. The zero-order chi connectivity index (χ0) is 24.7. The van der Waals surface area contributed by atoms with Crippen molar-refractivity contribution in [2.45, 2.75) is 65.0 Å². The summed E-state index contributed by atoms with van der Waals surface area (Å²) >= 11 is 0. The van der Waals surface area contributed by atoms with E-state index in [9.17, 15) is 14.0 Å². The minimum Gasteiger partial charge on any atom is -0.439 e. The maximum absolute atomic E-state index is 14.6. The molecule has 3 aromatic rings. The predicted molar refractivity (Wildman–Crippen MR) is 134 cm³/mol. The minimum atomic E-state index is -0.357. The van der Waals surface area contributed by atoms with E-state index >= 15 is 0 Å². The number of amides is 1. The molecule has 35 heavy (non-hydrogen) atoms. The van der Waals surface area contributed by atoms with E-state index in [1.807, 2.05) is 16.4 Å². The van der Waals surface area contributed by atoms with Crippen LogP contribution in [0, 0.1) is 19.7 Å². The van der Waals surface area contributed by atoms with Crippen LogP contribution in [0.15, 0.2) is 29.2 Å². The Morgan fingerprint density at radius 3 is 2.69 bits per heavy atom. The zero-order valence-electron chi connectivity index (χ0n) is 20.6. The fourth-order valence-corrected chi connectivity index (χ4v) is 5.55. The van der Waals surface area contributed by atoms with Crippen LogP contribution in [0.2, 0.25) is 0 Å². The van der Waals surface area contributed by atoms with Crippen molar-refractivity contribution in [3.63, 3.8) is 0 Å². The highest BCUT2D eigenvalue weighted by Crippen LogP contribution is 2.43. The van der Waals surface area contributed by atoms with Gasteiger partial charge in [0.1, 0.15) is 17.1 Å². The van der Waals surface area contributed by atoms with Gasteiger partial charge in [-0.25, -0.2) is 4.39 Å². The number of halogens is 1. The van der Waals surface area contributed by atoms with Gasteiger partial charge in [-0.15, -0.1) is 0 Å². The number of hydrogen-bond acceptors (Lipinski definition) is 4. The molecule has 0 spiro atoms. The molecule has 1 aliphatic heterocycles. The van der Waals surface area contributed by atoms with Gasteiger partial charge in [0, 0.05) is 54.9 Å². The third kappa shape index (κ3) is 4.35. The van der Waals surface area contributed by atoms with Crippen molar-refractivity contribution in [2.75, 3.05) is 19.6 Å². The number of hydrogen-bond donors (Lipinski definition) is 2. The number of nitrogens with one attached hydrogen (secondary N) is 2. The Balaban J connectivity index is 1.75. The number of ether oxygens (including phenoxy) is 1. The quantitative estimate of drug-likeness (QED) is 0.561. The van der Waals surface area contributed by atoms with Crippen LogP contribution in [-0.2, 0) is 0 Å². The van der Waals surface area contributed by atoms with Crippen LogP contribution in [0.5, 0.6) is 11.6 Å². The summed E-state index contributed by atoms with van der Waals surface area (Å²) < 4.78 is 23.1. The van der Waals surface area contributed by atoms with Crippen molar-refractivity contribution < 1.29 is 13.9 Å². The van der Waals surface area contributed by atoms with Crippen LogP contribution in [-0.4, -0.2) is 46.0 Å². The van der Waals surface area contributed by atoms with Crippen LogP contribution < -0.4 is 15.6 Å². The van der Waals surface area contributed by atoms with Crippen molar-refractivity contribution in [3.05, 3.63) is 57.3 Å². The number of aromatic nitrogens is 2. The lowest BCUT2D eigenvalue weighted by atomic mass is 9.95. The highest BCUT2D eigenvalue weighted by Gasteiger charge is 2.33. The van der Waals surface area contributed by atoms with Gasteiger partial charge in [-0.1, -0.05) is 25.3 Å². The fourth-order valence-electron chi connectivity index (χ4n) is 5.55. The molecule has 1 saturated heterocycles. The van der Waals surface area contributed by atoms with E-state index < -0.39 is 0 Å². The standard InChI is InChI=1S/C27H33FN4O3/c1-16-9-10-21(28)18(3)25(16)35-27-24(26(34)31-12-11-29-17(2)15-31)20-14-30-23(33)13-22(20)32(27)19-7-5-4-6-8-19/h9-10,13-14,17,19,29H,4-8,11-12,15H2,1-3H3,(H,30,33)/t17-/m0/s1. The lowest BCUT2D eigenvalue weighted by molar-refractivity contribution is 0.0707. The lowest BCUT2D eigenvalue weighted by Gasteiger charge is -2.32. The molecule has 2 aliphatic rings. The molecule has 0 radical (unpaired) electrons. The van der Waals surface area contributed by atoms with Crippen molar-refractivity contribution in [1.29, 1.82) is 0 Å². The number of rotatable bonds is 4. The molecule has 2 fully saturated rings. The van der Waals surface area contributed by atoms with Crippen LogP contribution in [0.3, 0.4) is 0 Å². The maximum Gasteiger partial charge on any atom is 0.260 e. The summed E-state index contributed by atoms with van der Waals surface area (Å²) in [5.74, 6) is 0.328. The summed E-state index contributed by atoms with van der Waals surface area (Å²) in [5.41, 5.74) is 2.07. The molecule has 1 atom stereocenters. The number of H-pyrrole nitrogens is 1. The summed E-state index contributed by atoms with van der Waals surface area (Å²) in [6.45, 7) is 7.49. The average Bonchev–Trinajstić information content (AvgIpc) is 3.17. The number of fused-ring (bicyclic) bond motifs is 1. The average molecular weight is 481 g/mol. The molecule has 1 amide bonds. The first-order chi connectivity index (χ1) is 16.8. The van der Waals surface area contributed by atoms with Gasteiger partial charge in [-0.3, -0.25) is 9.59 Å². The highest BCUT2D eigenvalue weighted by molar-refractivity contribution is 6.09. The number of piperazine rings is 1. The second-order valence-corrected chi connectivity index (χ2v) is 9.96. The molecule has 186 valence electrons. The fraction of sp³-hybridized carbons (Fsp3) is 0.481. The van der Waals surface area contributed by atoms with Gasteiger partial charge < -0.3 is 24.5 Å². The monoisotopic (exact) mass is 480 g/mol. The number of benzene rings is 1. The Morgan fingerprint density at radius 2 is 1.94 bits per heavy atom. The van der Waals surface area contributed by atoms with E-state index in [1.54, 1.807) is 25.3 Å². The van der Waals surface area contributed by atoms with Crippen molar-refractivity contribution in [1.82, 2.24) is 19.8 Å². The normalized spacial score (nSPS) is 19.3. The Bertz CT molecular complexity index is 1320. The third-order valence-electron chi connectivity index (χ3n) is 7.41. The van der Waals surface area contributed by atoms with Gasteiger partial charge >= 0.3 is 0 Å². The van der Waals surface area contributed by atoms with Gasteiger partial charge in [0.2, 0.25) is 11.4 Å². The van der Waals surface area contributed by atoms with Gasteiger partial charge in [-0.05, 0) is 45.2 Å². The molecule has 1 aromatic carbocycles. The van der Waals surface area contributed by atoms with Gasteiger partial charge in [-0.2, -0.15) is 0 Å². The summed E-state index contributed by atoms with van der Waals surface area (Å²) in [6.07, 6.45) is 6.80. The highest BCUT2D eigenvalue weighted by atomic mass is 19.1. The Morgan fingerprint density at radius 1 is 1.17 bits per heavy atom. The summed E-state index contributed by atoms with van der Waals surface area (Å²) in [7, 11) is 0. The number of aromatic amines is 1. The summed E-state index contributed by atoms with van der Waals surface area (Å²) in [6, 6.07) is 4.95. The van der Waals surface area contributed by atoms with Gasteiger partial charge in [0.25, 0.3) is 5.91 Å². The molecule has 5 rings (SSSR count). The Labute approximate surface area is 204 Å². The Kier molecular flexibility index (Phi) is 6.40. The molecule has 0 bridgehead atoms. The second kappa shape index (κ2) is 9.49. The first-order valence-corrected chi connectivity index (χ1v) is 12.6. The summed E-state index contributed by atoms with van der Waals surface area (Å²) in [5, 5.41) is 4.04. The van der Waals surface area contributed by atoms with Gasteiger partial charge in [0.15, 0.2) is 0 Å². The molecule has 2 aromatic heterocycles. The van der Waals surface area contributed by atoms with E-state index in [-0.39, 0.29) is 29.4 Å². The SMILES string of the molecule is Cc1ccc(F)c(C)c1Oc1c(C(=O)N2CCN[C@@H](C)C2)c2c[nH]c(=O)cc2n1C1CCCCC1. The van der Waals surface area contributed by atoms with E-state index in [4.69, 9.17) is 4.74 Å². The van der Waals surface area contributed by atoms with Crippen molar-refractivity contribution in [2.24, 2.45) is 0 Å².